The number of aromatic nitrogens is 3. The third-order valence-corrected chi connectivity index (χ3v) is 5.74. The number of nitrogens with one attached hydrogen (secondary N) is 1. The number of para-hydroxylation sites is 1. The highest BCUT2D eigenvalue weighted by Crippen LogP contribution is 2.24. The largest absolute Gasteiger partial charge is 0.485 e. The lowest BCUT2D eigenvalue weighted by Crippen LogP contribution is -2.17. The Morgan fingerprint density at radius 2 is 2.03 bits per heavy atom. The number of methoxy groups -OCH3 is 1. The second-order valence-corrected chi connectivity index (χ2v) is 8.25. The van der Waals surface area contributed by atoms with Gasteiger partial charge in [0.15, 0.2) is 11.0 Å². The number of anilines is 1. The molecule has 0 atom stereocenters. The lowest BCUT2D eigenvalue weighted by molar-refractivity contribution is -0.113. The Kier molecular flexibility index (Phi) is 8.51. The number of halogens is 1. The van der Waals surface area contributed by atoms with Crippen LogP contribution in [0, 0.1) is 6.92 Å². The Morgan fingerprint density at radius 1 is 1.24 bits per heavy atom. The third kappa shape index (κ3) is 6.36. The number of hydrogen-bond donors (Lipinski definition) is 1. The van der Waals surface area contributed by atoms with Crippen LogP contribution in [-0.2, 0) is 22.7 Å². The van der Waals surface area contributed by atoms with Crippen molar-refractivity contribution in [2.75, 3.05) is 18.2 Å². The van der Waals surface area contributed by atoms with Gasteiger partial charge in [0.25, 0.3) is 0 Å². The van der Waals surface area contributed by atoms with Gasteiger partial charge >= 0.3 is 5.97 Å². The summed E-state index contributed by atoms with van der Waals surface area (Å²) in [6.45, 7) is 6.35. The number of thioether (sulfide) groups is 1. The number of carbonyl (C=O) groups is 2. The quantitative estimate of drug-likeness (QED) is 0.255. The first-order valence-corrected chi connectivity index (χ1v) is 11.3. The average molecular weight is 487 g/mol. The molecule has 2 aromatic carbocycles. The van der Waals surface area contributed by atoms with Crippen LogP contribution in [0.25, 0.3) is 0 Å². The molecule has 0 saturated heterocycles. The van der Waals surface area contributed by atoms with Gasteiger partial charge in [-0.2, -0.15) is 0 Å². The molecule has 3 aromatic rings. The van der Waals surface area contributed by atoms with E-state index in [1.165, 1.54) is 18.9 Å². The zero-order valence-corrected chi connectivity index (χ0v) is 19.8. The molecule has 0 aliphatic rings. The van der Waals surface area contributed by atoms with Gasteiger partial charge in [0.05, 0.1) is 24.1 Å². The van der Waals surface area contributed by atoms with Gasteiger partial charge in [-0.05, 0) is 42.8 Å². The minimum absolute atomic E-state index is 0.0714. The number of hydrogen-bond acceptors (Lipinski definition) is 7. The molecular weight excluding hydrogens is 464 g/mol. The van der Waals surface area contributed by atoms with Crippen molar-refractivity contribution in [2.45, 2.75) is 25.2 Å². The Balaban J connectivity index is 1.65. The van der Waals surface area contributed by atoms with Crippen LogP contribution in [0.4, 0.5) is 5.69 Å². The summed E-state index contributed by atoms with van der Waals surface area (Å²) < 4.78 is 12.5. The summed E-state index contributed by atoms with van der Waals surface area (Å²) in [6, 6.07) is 12.0. The number of amides is 1. The fourth-order valence-electron chi connectivity index (χ4n) is 2.96. The second-order valence-electron chi connectivity index (χ2n) is 6.87. The van der Waals surface area contributed by atoms with E-state index in [-0.39, 0.29) is 23.8 Å². The fraction of sp³-hybridized carbons (Fsp3) is 0.217. The molecule has 1 N–H and O–H groups in total. The molecule has 1 amide bonds. The normalized spacial score (nSPS) is 10.5. The summed E-state index contributed by atoms with van der Waals surface area (Å²) >= 11 is 7.22. The lowest BCUT2D eigenvalue weighted by atomic mass is 10.2. The highest BCUT2D eigenvalue weighted by atomic mass is 35.5. The molecule has 0 saturated carbocycles. The number of aryl methyl sites for hydroxylation is 1. The van der Waals surface area contributed by atoms with E-state index in [0.717, 1.165) is 5.56 Å². The highest BCUT2D eigenvalue weighted by Gasteiger charge is 2.17. The maximum absolute atomic E-state index is 12.5. The van der Waals surface area contributed by atoms with E-state index in [2.05, 4.69) is 22.1 Å². The van der Waals surface area contributed by atoms with Crippen molar-refractivity contribution in [1.29, 1.82) is 0 Å². The molecule has 0 fully saturated rings. The third-order valence-electron chi connectivity index (χ3n) is 4.54. The van der Waals surface area contributed by atoms with Crippen LogP contribution < -0.4 is 10.1 Å². The highest BCUT2D eigenvalue weighted by molar-refractivity contribution is 7.99. The average Bonchev–Trinajstić information content (AvgIpc) is 3.18. The van der Waals surface area contributed by atoms with Crippen LogP contribution in [0.3, 0.4) is 0 Å². The van der Waals surface area contributed by atoms with Gasteiger partial charge in [0.2, 0.25) is 5.91 Å². The van der Waals surface area contributed by atoms with Crippen molar-refractivity contribution in [3.05, 3.63) is 77.1 Å². The van der Waals surface area contributed by atoms with Gasteiger partial charge in [-0.25, -0.2) is 4.79 Å². The standard InChI is InChI=1S/C23H23ClN4O4S/c1-4-11-28-20(13-32-19-10-9-16(24)12-15(19)2)26-27-23(28)33-14-21(29)25-18-8-6-5-7-17(18)22(30)31-3/h4-10,12H,1,11,13-14H2,2-3H3,(H,25,29). The maximum Gasteiger partial charge on any atom is 0.339 e. The van der Waals surface area contributed by atoms with Crippen molar-refractivity contribution < 1.29 is 19.1 Å². The van der Waals surface area contributed by atoms with Crippen LogP contribution in [0.1, 0.15) is 21.7 Å². The molecule has 3 rings (SSSR count). The number of allylic oxidation sites excluding steroid dienone is 1. The minimum Gasteiger partial charge on any atom is -0.485 e. The van der Waals surface area contributed by atoms with Crippen LogP contribution >= 0.6 is 23.4 Å². The summed E-state index contributed by atoms with van der Waals surface area (Å²) in [6.07, 6.45) is 1.72. The molecule has 0 spiro atoms. The zero-order valence-electron chi connectivity index (χ0n) is 18.2. The molecule has 8 nitrogen and oxygen atoms in total. The van der Waals surface area contributed by atoms with E-state index in [1.807, 2.05) is 17.6 Å². The maximum atomic E-state index is 12.5. The second kappa shape index (κ2) is 11.5. The molecule has 0 bridgehead atoms. The number of esters is 1. The SMILES string of the molecule is C=CCn1c(COc2ccc(Cl)cc2C)nnc1SCC(=O)Nc1ccccc1C(=O)OC. The Hall–Kier alpha value is -3.30. The smallest absolute Gasteiger partial charge is 0.339 e. The summed E-state index contributed by atoms with van der Waals surface area (Å²) in [5, 5.41) is 12.3. The van der Waals surface area contributed by atoms with Crippen molar-refractivity contribution >= 4 is 40.9 Å². The number of ether oxygens (including phenoxy) is 2. The molecule has 33 heavy (non-hydrogen) atoms. The predicted octanol–water partition coefficient (Wildman–Crippen LogP) is 4.52. The minimum atomic E-state index is -0.523. The molecular formula is C23H23ClN4O4S. The summed E-state index contributed by atoms with van der Waals surface area (Å²) in [5.41, 5.74) is 1.58. The van der Waals surface area contributed by atoms with E-state index in [1.54, 1.807) is 42.5 Å². The Labute approximate surface area is 200 Å². The lowest BCUT2D eigenvalue weighted by Gasteiger charge is -2.11. The molecule has 0 aliphatic heterocycles. The first-order valence-electron chi connectivity index (χ1n) is 9.94. The molecule has 0 unspecified atom stereocenters. The van der Waals surface area contributed by atoms with Crippen molar-refractivity contribution in [1.82, 2.24) is 14.8 Å². The number of benzene rings is 2. The molecule has 1 aromatic heterocycles. The van der Waals surface area contributed by atoms with E-state index in [9.17, 15) is 9.59 Å². The van der Waals surface area contributed by atoms with E-state index in [0.29, 0.717) is 34.0 Å². The van der Waals surface area contributed by atoms with Gasteiger partial charge in [-0.1, -0.05) is 41.6 Å². The Bertz CT molecular complexity index is 1170. The van der Waals surface area contributed by atoms with Gasteiger partial charge in [0, 0.05) is 11.6 Å². The zero-order chi connectivity index (χ0) is 23.8. The molecule has 1 heterocycles. The van der Waals surface area contributed by atoms with Crippen LogP contribution in [-0.4, -0.2) is 39.5 Å². The van der Waals surface area contributed by atoms with E-state index >= 15 is 0 Å². The van der Waals surface area contributed by atoms with E-state index in [4.69, 9.17) is 21.1 Å². The summed E-state index contributed by atoms with van der Waals surface area (Å²) in [5.74, 6) is 0.555. The number of nitrogens with zero attached hydrogens (tertiary/aromatic N) is 3. The van der Waals surface area contributed by atoms with Gasteiger partial charge in [0.1, 0.15) is 12.4 Å². The first-order chi connectivity index (χ1) is 15.9. The van der Waals surface area contributed by atoms with Crippen molar-refractivity contribution in [2.24, 2.45) is 0 Å². The Morgan fingerprint density at radius 3 is 2.76 bits per heavy atom. The van der Waals surface area contributed by atoms with Gasteiger partial charge in [-0.3, -0.25) is 9.36 Å². The molecule has 0 aliphatic carbocycles. The molecule has 172 valence electrons. The van der Waals surface area contributed by atoms with Crippen LogP contribution in [0.5, 0.6) is 5.75 Å². The number of rotatable bonds is 10. The van der Waals surface area contributed by atoms with Crippen LogP contribution in [0.15, 0.2) is 60.3 Å². The van der Waals surface area contributed by atoms with Gasteiger partial charge < -0.3 is 14.8 Å². The van der Waals surface area contributed by atoms with E-state index < -0.39 is 5.97 Å². The molecule has 0 radical (unpaired) electrons. The van der Waals surface area contributed by atoms with Crippen molar-refractivity contribution in [3.63, 3.8) is 0 Å². The fourth-order valence-corrected chi connectivity index (χ4v) is 3.95. The van der Waals surface area contributed by atoms with Crippen molar-refractivity contribution in [3.8, 4) is 5.75 Å². The van der Waals surface area contributed by atoms with Gasteiger partial charge in [-0.15, -0.1) is 16.8 Å². The monoisotopic (exact) mass is 486 g/mol. The number of carbonyl (C=O) groups excluding carboxylic acids is 2. The predicted molar refractivity (Wildman–Crippen MR) is 128 cm³/mol. The summed E-state index contributed by atoms with van der Waals surface area (Å²) in [4.78, 5) is 24.4. The topological polar surface area (TPSA) is 95.3 Å². The summed E-state index contributed by atoms with van der Waals surface area (Å²) in [7, 11) is 1.29. The van der Waals surface area contributed by atoms with Crippen LogP contribution in [0.2, 0.25) is 5.02 Å². The first kappa shape index (κ1) is 24.3. The molecule has 10 heteroatoms.